The number of para-hydroxylation sites is 1. The zero-order valence-corrected chi connectivity index (χ0v) is 30.9. The summed E-state index contributed by atoms with van der Waals surface area (Å²) >= 11 is 0. The van der Waals surface area contributed by atoms with Gasteiger partial charge in [0, 0.05) is 50.7 Å². The van der Waals surface area contributed by atoms with Crippen molar-refractivity contribution in [1.29, 1.82) is 0 Å². The summed E-state index contributed by atoms with van der Waals surface area (Å²) in [6.07, 6.45) is 3.25. The van der Waals surface area contributed by atoms with Crippen LogP contribution in [-0.4, -0.2) is 105 Å². The van der Waals surface area contributed by atoms with E-state index in [-0.39, 0.29) is 78.4 Å². The molecule has 0 radical (unpaired) electrons. The van der Waals surface area contributed by atoms with Crippen molar-refractivity contribution in [3.8, 4) is 17.1 Å². The van der Waals surface area contributed by atoms with Crippen molar-refractivity contribution in [3.63, 3.8) is 0 Å². The number of anilines is 4. The highest BCUT2D eigenvalue weighted by Gasteiger charge is 2.45. The molecule has 7 amide bonds. The summed E-state index contributed by atoms with van der Waals surface area (Å²) in [5, 5.41) is 29.1. The molecule has 3 aliphatic rings. The van der Waals surface area contributed by atoms with Crippen LogP contribution in [0.1, 0.15) is 63.3 Å². The van der Waals surface area contributed by atoms with Crippen LogP contribution in [0.15, 0.2) is 48.8 Å². The van der Waals surface area contributed by atoms with E-state index in [0.29, 0.717) is 35.1 Å². The Balaban J connectivity index is 0.941. The molecule has 1 atom stereocenters. The molecular weight excluding hydrogens is 740 g/mol. The van der Waals surface area contributed by atoms with Crippen LogP contribution < -0.4 is 36.6 Å². The molecule has 20 heteroatoms. The van der Waals surface area contributed by atoms with Gasteiger partial charge < -0.3 is 31.3 Å². The number of ether oxygens (including phenoxy) is 1. The number of aromatic nitrogens is 5. The second-order valence-electron chi connectivity index (χ2n) is 13.4. The molecular formula is C37H38N12O8. The summed E-state index contributed by atoms with van der Waals surface area (Å²) in [4.78, 5) is 93.4. The molecule has 4 heterocycles. The highest BCUT2D eigenvalue weighted by atomic mass is 16.5. The van der Waals surface area contributed by atoms with Crippen molar-refractivity contribution in [1.82, 2.24) is 45.8 Å². The zero-order chi connectivity index (χ0) is 40.2. The number of nitrogens with zero attached hydrogens (tertiary/aromatic N) is 6. The molecule has 20 nitrogen and oxygen atoms in total. The third kappa shape index (κ3) is 8.09. The van der Waals surface area contributed by atoms with Crippen LogP contribution >= 0.6 is 0 Å². The Bertz CT molecular complexity index is 2310. The van der Waals surface area contributed by atoms with Crippen molar-refractivity contribution >= 4 is 64.2 Å². The molecule has 7 rings (SSSR count). The second kappa shape index (κ2) is 16.2. The van der Waals surface area contributed by atoms with Crippen molar-refractivity contribution in [2.45, 2.75) is 44.7 Å². The molecule has 294 valence electrons. The minimum absolute atomic E-state index is 0.00291. The number of benzene rings is 2. The molecule has 2 aromatic heterocycles. The van der Waals surface area contributed by atoms with Gasteiger partial charge in [-0.15, -0.1) is 10.2 Å². The molecule has 1 unspecified atom stereocenters. The fourth-order valence-electron chi connectivity index (χ4n) is 6.48. The SMILES string of the molecule is CNC(=O)c1nnc(NC(=O)C2CC2)cc1Nc1cccc(-c2ncn(CCNC(=O)CCNc3cccc4c3C(=O)N(C3CCC(=O)NC3=O)C4=O)n2)c1OC. The van der Waals surface area contributed by atoms with E-state index in [1.807, 2.05) is 0 Å². The Labute approximate surface area is 324 Å². The van der Waals surface area contributed by atoms with Crippen LogP contribution in [0.2, 0.25) is 0 Å². The van der Waals surface area contributed by atoms with Gasteiger partial charge in [-0.25, -0.2) is 4.98 Å². The van der Waals surface area contributed by atoms with Gasteiger partial charge in [0.1, 0.15) is 12.4 Å². The van der Waals surface area contributed by atoms with Gasteiger partial charge in [-0.05, 0) is 43.5 Å². The fourth-order valence-corrected chi connectivity index (χ4v) is 6.48. The smallest absolute Gasteiger partial charge is 0.273 e. The minimum atomic E-state index is -1.08. The molecule has 2 fully saturated rings. The molecule has 0 bridgehead atoms. The predicted molar refractivity (Wildman–Crippen MR) is 201 cm³/mol. The van der Waals surface area contributed by atoms with E-state index >= 15 is 0 Å². The van der Waals surface area contributed by atoms with Crippen LogP contribution in [0.4, 0.5) is 22.9 Å². The minimum Gasteiger partial charge on any atom is -0.494 e. The molecule has 6 N–H and O–H groups in total. The number of carbonyl (C=O) groups is 7. The van der Waals surface area contributed by atoms with Gasteiger partial charge in [0.2, 0.25) is 23.6 Å². The Kier molecular flexibility index (Phi) is 10.8. The number of methoxy groups -OCH3 is 1. The Hall–Kier alpha value is -7.25. The maximum Gasteiger partial charge on any atom is 0.273 e. The molecule has 1 aliphatic carbocycles. The third-order valence-corrected chi connectivity index (χ3v) is 9.50. The van der Waals surface area contributed by atoms with E-state index in [4.69, 9.17) is 4.74 Å². The van der Waals surface area contributed by atoms with Crippen molar-refractivity contribution in [2.75, 3.05) is 43.2 Å². The summed E-state index contributed by atoms with van der Waals surface area (Å²) in [6.45, 7) is 0.668. The molecule has 2 aromatic carbocycles. The summed E-state index contributed by atoms with van der Waals surface area (Å²) in [5.41, 5.74) is 1.88. The maximum absolute atomic E-state index is 13.3. The number of hydrogen-bond acceptors (Lipinski definition) is 14. The number of carbonyl (C=O) groups excluding carboxylic acids is 7. The normalized spacial score (nSPS) is 16.1. The molecule has 1 saturated heterocycles. The van der Waals surface area contributed by atoms with Crippen LogP contribution in [-0.2, 0) is 25.7 Å². The van der Waals surface area contributed by atoms with Crippen LogP contribution in [0, 0.1) is 5.92 Å². The standard InChI is InChI=1S/C37H38N12O8/c1-38-35(54)30-24(17-26(45-46-30)43-33(52)19-9-10-19)42-23-8-4-6-21(31(23)57-2)32-41-18-48(47-32)16-15-40-27(50)13-14-39-22-7-3-5-20-29(22)37(56)49(36(20)55)25-11-12-28(51)44-34(25)53/h3-8,17-19,25,39H,9-16H2,1-2H3,(H,38,54)(H,40,50)(H,44,51,53)(H2,42,43,45,52). The molecule has 1 saturated carbocycles. The first-order valence-corrected chi connectivity index (χ1v) is 18.2. The highest BCUT2D eigenvalue weighted by Crippen LogP contribution is 2.38. The fraction of sp³-hybridized carbons (Fsp3) is 0.324. The van der Waals surface area contributed by atoms with Gasteiger partial charge >= 0.3 is 0 Å². The van der Waals surface area contributed by atoms with Crippen molar-refractivity contribution in [3.05, 3.63) is 65.6 Å². The Morgan fingerprint density at radius 2 is 1.70 bits per heavy atom. The van der Waals surface area contributed by atoms with E-state index in [1.54, 1.807) is 35.0 Å². The van der Waals surface area contributed by atoms with Crippen LogP contribution in [0.5, 0.6) is 5.75 Å². The topological polar surface area (TPSA) is 261 Å². The molecule has 57 heavy (non-hydrogen) atoms. The first kappa shape index (κ1) is 38.0. The van der Waals surface area contributed by atoms with E-state index < -0.39 is 35.6 Å². The number of nitrogens with one attached hydrogen (secondary N) is 6. The van der Waals surface area contributed by atoms with Crippen LogP contribution in [0.25, 0.3) is 11.4 Å². The van der Waals surface area contributed by atoms with Gasteiger partial charge in [-0.2, -0.15) is 5.10 Å². The van der Waals surface area contributed by atoms with E-state index in [0.717, 1.165) is 17.7 Å². The van der Waals surface area contributed by atoms with E-state index in [9.17, 15) is 33.6 Å². The number of amides is 7. The van der Waals surface area contributed by atoms with Gasteiger partial charge in [0.05, 0.1) is 41.7 Å². The van der Waals surface area contributed by atoms with Gasteiger partial charge in [-0.3, -0.25) is 48.5 Å². The average molecular weight is 779 g/mol. The second-order valence-corrected chi connectivity index (χ2v) is 13.4. The average Bonchev–Trinajstić information content (AvgIpc) is 3.90. The third-order valence-electron chi connectivity index (χ3n) is 9.50. The van der Waals surface area contributed by atoms with Crippen LogP contribution in [0.3, 0.4) is 0 Å². The first-order chi connectivity index (χ1) is 27.6. The van der Waals surface area contributed by atoms with Gasteiger partial charge in [-0.1, -0.05) is 12.1 Å². The monoisotopic (exact) mass is 778 g/mol. The summed E-state index contributed by atoms with van der Waals surface area (Å²) < 4.78 is 7.30. The number of hydrogen-bond donors (Lipinski definition) is 6. The molecule has 4 aromatic rings. The van der Waals surface area contributed by atoms with Gasteiger partial charge in [0.25, 0.3) is 17.7 Å². The summed E-state index contributed by atoms with van der Waals surface area (Å²) in [5.74, 6) is -2.49. The number of fused-ring (bicyclic) bond motifs is 1. The van der Waals surface area contributed by atoms with Crippen molar-refractivity contribution in [2.24, 2.45) is 5.92 Å². The summed E-state index contributed by atoms with van der Waals surface area (Å²) in [7, 11) is 2.95. The Morgan fingerprint density at radius 1 is 0.930 bits per heavy atom. The maximum atomic E-state index is 13.3. The lowest BCUT2D eigenvalue weighted by Crippen LogP contribution is -2.54. The summed E-state index contributed by atoms with van der Waals surface area (Å²) in [6, 6.07) is 10.4. The van der Waals surface area contributed by atoms with Gasteiger partial charge in [0.15, 0.2) is 23.1 Å². The lowest BCUT2D eigenvalue weighted by Gasteiger charge is -2.27. The molecule has 2 aliphatic heterocycles. The predicted octanol–water partition coefficient (Wildman–Crippen LogP) is 1.22. The largest absolute Gasteiger partial charge is 0.494 e. The van der Waals surface area contributed by atoms with E-state index in [2.05, 4.69) is 52.2 Å². The molecule has 0 spiro atoms. The van der Waals surface area contributed by atoms with Crippen molar-refractivity contribution < 1.29 is 38.3 Å². The lowest BCUT2D eigenvalue weighted by atomic mass is 10.0. The lowest BCUT2D eigenvalue weighted by molar-refractivity contribution is -0.136. The number of imide groups is 2. The quantitative estimate of drug-likeness (QED) is 0.0928. The Morgan fingerprint density at radius 3 is 2.44 bits per heavy atom. The zero-order valence-electron chi connectivity index (χ0n) is 30.9. The highest BCUT2D eigenvalue weighted by molar-refractivity contribution is 6.25. The first-order valence-electron chi connectivity index (χ1n) is 18.2. The number of piperidine rings is 1. The number of rotatable bonds is 15. The van der Waals surface area contributed by atoms with E-state index in [1.165, 1.54) is 32.6 Å².